The van der Waals surface area contributed by atoms with Crippen molar-refractivity contribution in [3.63, 3.8) is 0 Å². The maximum Gasteiger partial charge on any atom is 0.416 e. The first kappa shape index (κ1) is 24.2. The van der Waals surface area contributed by atoms with Gasteiger partial charge in [0.1, 0.15) is 11.6 Å². The number of hydrogen-bond donors (Lipinski definition) is 1. The predicted octanol–water partition coefficient (Wildman–Crippen LogP) is 5.32. The molecule has 1 aromatic carbocycles. The molecule has 0 spiro atoms. The van der Waals surface area contributed by atoms with Crippen molar-refractivity contribution in [1.82, 2.24) is 14.9 Å². The zero-order valence-electron chi connectivity index (χ0n) is 18.9. The van der Waals surface area contributed by atoms with Crippen molar-refractivity contribution < 1.29 is 31.5 Å². The summed E-state index contributed by atoms with van der Waals surface area (Å²) < 4.78 is 70.7. The van der Waals surface area contributed by atoms with Crippen molar-refractivity contribution in [2.45, 2.75) is 38.9 Å². The molecule has 1 N–H and O–H groups in total. The second kappa shape index (κ2) is 10.1. The average Bonchev–Trinajstić information content (AvgIpc) is 3.20. The molecule has 0 bridgehead atoms. The van der Waals surface area contributed by atoms with Crippen LogP contribution >= 0.6 is 0 Å². The lowest BCUT2D eigenvalue weighted by atomic mass is 10.1. The van der Waals surface area contributed by atoms with Gasteiger partial charge in [-0.25, -0.2) is 9.37 Å². The number of anilines is 1. The number of piperidine rings is 1. The van der Waals surface area contributed by atoms with E-state index < -0.39 is 17.6 Å². The van der Waals surface area contributed by atoms with E-state index in [2.05, 4.69) is 27.1 Å². The van der Waals surface area contributed by atoms with E-state index in [1.54, 1.807) is 13.0 Å². The smallest absolute Gasteiger partial charge is 0.416 e. The lowest BCUT2D eigenvalue weighted by Gasteiger charge is -2.31. The Hall–Kier alpha value is -2.92. The van der Waals surface area contributed by atoms with Gasteiger partial charge >= 0.3 is 6.18 Å². The van der Waals surface area contributed by atoms with Gasteiger partial charge in [0.05, 0.1) is 16.8 Å². The maximum atomic E-state index is 14.9. The van der Waals surface area contributed by atoms with E-state index in [1.807, 2.05) is 0 Å². The standard InChI is InChI=1S/C23H26F4N4O3/c1-3-31-9-5-6-15(12-31)28-22-30-21-18(34-22)8-7-17(29-21)20-16(24)10-14(23(25,26)27)11-19(20)33-13-32-4-2/h7-8,10-11,15H,3-6,9,12-13H2,1-2H3,(H,28,29,30)/t15-/m1/s1. The van der Waals surface area contributed by atoms with Crippen LogP contribution in [0.4, 0.5) is 23.6 Å². The Kier molecular flexibility index (Phi) is 7.22. The highest BCUT2D eigenvalue weighted by molar-refractivity contribution is 5.77. The third-order valence-electron chi connectivity index (χ3n) is 5.67. The topological polar surface area (TPSA) is 72.7 Å². The molecule has 1 aliphatic rings. The van der Waals surface area contributed by atoms with Crippen molar-refractivity contribution in [1.29, 1.82) is 0 Å². The Balaban J connectivity index is 1.64. The summed E-state index contributed by atoms with van der Waals surface area (Å²) in [5.74, 6) is -1.44. The Labute approximate surface area is 194 Å². The molecule has 34 heavy (non-hydrogen) atoms. The number of benzene rings is 1. The minimum atomic E-state index is -4.74. The highest BCUT2D eigenvalue weighted by Gasteiger charge is 2.33. The molecule has 3 heterocycles. The summed E-state index contributed by atoms with van der Waals surface area (Å²) in [6.07, 6.45) is -2.70. The van der Waals surface area contributed by atoms with Crippen LogP contribution in [0.15, 0.2) is 28.7 Å². The minimum Gasteiger partial charge on any atom is -0.467 e. The van der Waals surface area contributed by atoms with Gasteiger partial charge in [0, 0.05) is 19.2 Å². The average molecular weight is 482 g/mol. The lowest BCUT2D eigenvalue weighted by Crippen LogP contribution is -2.41. The van der Waals surface area contributed by atoms with Gasteiger partial charge in [-0.2, -0.15) is 18.2 Å². The van der Waals surface area contributed by atoms with Gasteiger partial charge < -0.3 is 24.1 Å². The number of ether oxygens (including phenoxy) is 2. The molecule has 1 fully saturated rings. The summed E-state index contributed by atoms with van der Waals surface area (Å²) in [5, 5.41) is 3.28. The number of likely N-dealkylation sites (tertiary alicyclic amines) is 1. The molecule has 1 atom stereocenters. The number of alkyl halides is 3. The fourth-order valence-electron chi connectivity index (χ4n) is 3.95. The molecule has 7 nitrogen and oxygen atoms in total. The van der Waals surface area contributed by atoms with Gasteiger partial charge in [-0.3, -0.25) is 0 Å². The van der Waals surface area contributed by atoms with Crippen LogP contribution in [0.5, 0.6) is 5.75 Å². The molecule has 1 aliphatic heterocycles. The Bertz CT molecular complexity index is 1140. The number of likely N-dealkylation sites (N-methyl/N-ethyl adjacent to an activating group) is 1. The zero-order chi connectivity index (χ0) is 24.3. The molecule has 3 aromatic rings. The fraction of sp³-hybridized carbons (Fsp3) is 0.478. The van der Waals surface area contributed by atoms with Crippen LogP contribution in [0.1, 0.15) is 32.3 Å². The second-order valence-corrected chi connectivity index (χ2v) is 8.00. The number of oxazole rings is 1. The van der Waals surface area contributed by atoms with Crippen molar-refractivity contribution in [3.8, 4) is 17.0 Å². The maximum absolute atomic E-state index is 14.9. The summed E-state index contributed by atoms with van der Waals surface area (Å²) in [4.78, 5) is 11.0. The van der Waals surface area contributed by atoms with Crippen molar-refractivity contribution in [3.05, 3.63) is 35.6 Å². The van der Waals surface area contributed by atoms with E-state index in [4.69, 9.17) is 13.9 Å². The van der Waals surface area contributed by atoms with E-state index >= 15 is 0 Å². The summed E-state index contributed by atoms with van der Waals surface area (Å²) in [7, 11) is 0. The van der Waals surface area contributed by atoms with Crippen LogP contribution in [-0.4, -0.2) is 53.9 Å². The highest BCUT2D eigenvalue weighted by atomic mass is 19.4. The van der Waals surface area contributed by atoms with E-state index in [0.29, 0.717) is 17.7 Å². The molecule has 0 unspecified atom stereocenters. The van der Waals surface area contributed by atoms with Crippen LogP contribution < -0.4 is 10.1 Å². The van der Waals surface area contributed by atoms with E-state index in [9.17, 15) is 17.6 Å². The first-order valence-corrected chi connectivity index (χ1v) is 11.2. The number of nitrogens with zero attached hydrogens (tertiary/aromatic N) is 3. The number of aromatic nitrogens is 2. The molecule has 0 aliphatic carbocycles. The molecule has 2 aromatic heterocycles. The van der Waals surface area contributed by atoms with Crippen LogP contribution in [0.25, 0.3) is 22.5 Å². The van der Waals surface area contributed by atoms with Gasteiger partial charge in [0.25, 0.3) is 6.01 Å². The lowest BCUT2D eigenvalue weighted by molar-refractivity contribution is -0.138. The van der Waals surface area contributed by atoms with Crippen molar-refractivity contribution in [2.75, 3.05) is 38.4 Å². The van der Waals surface area contributed by atoms with Gasteiger partial charge in [0.2, 0.25) is 5.65 Å². The number of fused-ring (bicyclic) bond motifs is 1. The first-order chi connectivity index (χ1) is 16.3. The SMILES string of the molecule is CCOCOc1cc(C(F)(F)F)cc(F)c1-c1ccc2oc(N[C@@H]3CCCN(CC)C3)nc2n1. The monoisotopic (exact) mass is 482 g/mol. The molecular formula is C23H26F4N4O3. The Morgan fingerprint density at radius 1 is 1.21 bits per heavy atom. The predicted molar refractivity (Wildman–Crippen MR) is 118 cm³/mol. The summed E-state index contributed by atoms with van der Waals surface area (Å²) in [6, 6.07) is 4.64. The normalized spacial score (nSPS) is 17.3. The molecule has 0 saturated carbocycles. The summed E-state index contributed by atoms with van der Waals surface area (Å²) in [5.41, 5.74) is -0.725. The fourth-order valence-corrected chi connectivity index (χ4v) is 3.95. The van der Waals surface area contributed by atoms with Gasteiger partial charge in [-0.15, -0.1) is 0 Å². The second-order valence-electron chi connectivity index (χ2n) is 8.00. The molecule has 4 rings (SSSR count). The van der Waals surface area contributed by atoms with E-state index in [1.165, 1.54) is 6.07 Å². The van der Waals surface area contributed by atoms with Gasteiger partial charge in [-0.1, -0.05) is 6.92 Å². The quantitative estimate of drug-likeness (QED) is 0.265. The molecule has 0 amide bonds. The molecule has 0 radical (unpaired) electrons. The summed E-state index contributed by atoms with van der Waals surface area (Å²) in [6.45, 7) is 6.65. The first-order valence-electron chi connectivity index (χ1n) is 11.2. The third-order valence-corrected chi connectivity index (χ3v) is 5.67. The number of rotatable bonds is 8. The Morgan fingerprint density at radius 2 is 2.03 bits per heavy atom. The van der Waals surface area contributed by atoms with Gasteiger partial charge in [0.15, 0.2) is 12.4 Å². The molecule has 184 valence electrons. The van der Waals surface area contributed by atoms with Crippen molar-refractivity contribution >= 4 is 17.2 Å². The summed E-state index contributed by atoms with van der Waals surface area (Å²) >= 11 is 0. The number of nitrogens with one attached hydrogen (secondary N) is 1. The van der Waals surface area contributed by atoms with Crippen LogP contribution in [0.3, 0.4) is 0 Å². The van der Waals surface area contributed by atoms with Crippen molar-refractivity contribution in [2.24, 2.45) is 0 Å². The number of hydrogen-bond acceptors (Lipinski definition) is 7. The molecule has 1 saturated heterocycles. The molecule has 11 heteroatoms. The molecular weight excluding hydrogens is 456 g/mol. The third kappa shape index (κ3) is 5.41. The largest absolute Gasteiger partial charge is 0.467 e. The van der Waals surface area contributed by atoms with Crippen LogP contribution in [0, 0.1) is 5.82 Å². The van der Waals surface area contributed by atoms with E-state index in [-0.39, 0.29) is 42.1 Å². The highest BCUT2D eigenvalue weighted by Crippen LogP contribution is 2.39. The number of pyridine rings is 1. The van der Waals surface area contributed by atoms with Gasteiger partial charge in [-0.05, 0) is 57.1 Å². The number of halogens is 4. The van der Waals surface area contributed by atoms with E-state index in [0.717, 1.165) is 38.5 Å². The Morgan fingerprint density at radius 3 is 2.76 bits per heavy atom. The minimum absolute atomic E-state index is 0.0693. The zero-order valence-corrected chi connectivity index (χ0v) is 18.9. The van der Waals surface area contributed by atoms with Crippen LogP contribution in [-0.2, 0) is 10.9 Å². The van der Waals surface area contributed by atoms with Crippen LogP contribution in [0.2, 0.25) is 0 Å².